The van der Waals surface area contributed by atoms with E-state index < -0.39 is 31.9 Å². The molecular weight excluding hydrogens is 713 g/mol. The second kappa shape index (κ2) is 13.5. The average Bonchev–Trinajstić information content (AvgIpc) is 3.10. The van der Waals surface area contributed by atoms with E-state index in [0.717, 1.165) is 0 Å². The molecule has 0 saturated heterocycles. The van der Waals surface area contributed by atoms with Gasteiger partial charge in [0.05, 0.1) is 34.9 Å². The Balaban J connectivity index is 1.37. The van der Waals surface area contributed by atoms with E-state index in [9.17, 15) is 35.5 Å². The Bertz CT molecular complexity index is 2680. The molecule has 0 fully saturated rings. The number of fused-ring (bicyclic) bond motifs is 2. The highest BCUT2D eigenvalue weighted by Gasteiger charge is 2.19. The maximum Gasteiger partial charge on any atom is 0.446 e. The van der Waals surface area contributed by atoms with Crippen molar-refractivity contribution in [1.82, 2.24) is 19.1 Å². The second-order valence-electron chi connectivity index (χ2n) is 11.5. The lowest BCUT2D eigenvalue weighted by Gasteiger charge is -2.19. The SMILES string of the molecule is O=c1c2ccccc2nc(-c2cccc(OS(=O)(=O)O)c2)n1Cc1ccccc1Cn1c(-c2cccc(OS(=O)(=O)O)c2)nc2ccccc2c1=O. The molecule has 262 valence electrons. The lowest BCUT2D eigenvalue weighted by atomic mass is 10.1. The summed E-state index contributed by atoms with van der Waals surface area (Å²) in [6.45, 7) is -0.0668. The van der Waals surface area contributed by atoms with Gasteiger partial charge in [-0.25, -0.2) is 9.97 Å². The van der Waals surface area contributed by atoms with Crippen LogP contribution in [0.15, 0.2) is 131 Å². The molecule has 0 spiro atoms. The molecular formula is C36H26N4O10S2. The first-order valence-electron chi connectivity index (χ1n) is 15.4. The van der Waals surface area contributed by atoms with E-state index >= 15 is 0 Å². The van der Waals surface area contributed by atoms with Crippen LogP contribution in [0, 0.1) is 0 Å². The van der Waals surface area contributed by atoms with Crippen LogP contribution in [0.25, 0.3) is 44.6 Å². The smallest absolute Gasteiger partial charge is 0.362 e. The molecule has 7 aromatic rings. The predicted octanol–water partition coefficient (Wildman–Crippen LogP) is 4.90. The van der Waals surface area contributed by atoms with Gasteiger partial charge in [0, 0.05) is 11.1 Å². The zero-order valence-corrected chi connectivity index (χ0v) is 28.4. The number of hydrogen-bond donors (Lipinski definition) is 2. The standard InChI is InChI=1S/C36H26N4O10S2/c41-35-29-15-3-5-17-31(29)37-33(23-11-7-13-27(19-23)49-51(43,44)45)39(35)21-25-9-1-2-10-26(25)22-40-34(38-32-18-6-4-16-30(32)36(40)42)24-12-8-14-28(20-24)50-52(46,47)48/h1-20H,21-22H2,(H,43,44,45)(H,46,47,48). The zero-order valence-electron chi connectivity index (χ0n) is 26.7. The minimum atomic E-state index is -4.83. The van der Waals surface area contributed by atoms with Crippen molar-refractivity contribution < 1.29 is 34.3 Å². The van der Waals surface area contributed by atoms with Crippen molar-refractivity contribution in [2.24, 2.45) is 0 Å². The Morgan fingerprint density at radius 2 is 0.904 bits per heavy atom. The van der Waals surface area contributed by atoms with Gasteiger partial charge in [0.2, 0.25) is 0 Å². The highest BCUT2D eigenvalue weighted by atomic mass is 32.3. The summed E-state index contributed by atoms with van der Waals surface area (Å²) in [5, 5.41) is 0.664. The van der Waals surface area contributed by atoms with Crippen molar-refractivity contribution in [2.75, 3.05) is 0 Å². The quantitative estimate of drug-likeness (QED) is 0.180. The molecule has 0 saturated carbocycles. The normalized spacial score (nSPS) is 11.9. The Morgan fingerprint density at radius 1 is 0.519 bits per heavy atom. The van der Waals surface area contributed by atoms with Gasteiger partial charge in [-0.15, -0.1) is 0 Å². The molecule has 16 heteroatoms. The molecule has 2 aromatic heterocycles. The highest BCUT2D eigenvalue weighted by molar-refractivity contribution is 7.81. The summed E-state index contributed by atoms with van der Waals surface area (Å²) in [4.78, 5) is 37.7. The van der Waals surface area contributed by atoms with E-state index in [0.29, 0.717) is 44.1 Å². The van der Waals surface area contributed by atoms with Crippen LogP contribution in [-0.2, 0) is 33.9 Å². The van der Waals surface area contributed by atoms with E-state index in [1.807, 2.05) is 0 Å². The largest absolute Gasteiger partial charge is 0.446 e. The maximum absolute atomic E-state index is 14.1. The van der Waals surface area contributed by atoms with Crippen LogP contribution in [0.2, 0.25) is 0 Å². The van der Waals surface area contributed by atoms with Gasteiger partial charge in [-0.05, 0) is 59.7 Å². The molecule has 0 atom stereocenters. The van der Waals surface area contributed by atoms with Crippen molar-refractivity contribution in [2.45, 2.75) is 13.1 Å². The fourth-order valence-electron chi connectivity index (χ4n) is 5.89. The summed E-state index contributed by atoms with van der Waals surface area (Å²) < 4.78 is 76.5. The van der Waals surface area contributed by atoms with Crippen LogP contribution in [-0.4, -0.2) is 45.0 Å². The molecule has 0 unspecified atom stereocenters. The van der Waals surface area contributed by atoms with Crippen molar-refractivity contribution in [3.8, 4) is 34.3 Å². The molecule has 0 bridgehead atoms. The van der Waals surface area contributed by atoms with Gasteiger partial charge < -0.3 is 8.37 Å². The summed E-state index contributed by atoms with van der Waals surface area (Å²) >= 11 is 0. The number of benzene rings is 5. The maximum atomic E-state index is 14.1. The average molecular weight is 739 g/mol. The molecule has 2 N–H and O–H groups in total. The summed E-state index contributed by atoms with van der Waals surface area (Å²) in [6.07, 6.45) is 0. The molecule has 0 aliphatic rings. The number of hydrogen-bond acceptors (Lipinski definition) is 10. The third kappa shape index (κ3) is 7.31. The molecule has 0 amide bonds. The highest BCUT2D eigenvalue weighted by Crippen LogP contribution is 2.28. The number of aromatic nitrogens is 4. The Kier molecular flexibility index (Phi) is 8.89. The van der Waals surface area contributed by atoms with Crippen molar-refractivity contribution in [1.29, 1.82) is 0 Å². The lowest BCUT2D eigenvalue weighted by Crippen LogP contribution is -2.26. The first-order valence-corrected chi connectivity index (χ1v) is 18.2. The van der Waals surface area contributed by atoms with E-state index in [1.54, 1.807) is 84.9 Å². The molecule has 0 aliphatic carbocycles. The van der Waals surface area contributed by atoms with Crippen LogP contribution >= 0.6 is 0 Å². The van der Waals surface area contributed by atoms with E-state index in [2.05, 4.69) is 8.37 Å². The van der Waals surface area contributed by atoms with Crippen molar-refractivity contribution >= 4 is 42.6 Å². The Labute approximate surface area is 295 Å². The minimum Gasteiger partial charge on any atom is -0.362 e. The summed E-state index contributed by atoms with van der Waals surface area (Å²) in [5.74, 6) is -0.0346. The fourth-order valence-corrected chi connectivity index (χ4v) is 6.59. The molecule has 7 rings (SSSR count). The summed E-state index contributed by atoms with van der Waals surface area (Å²) in [7, 11) is -9.66. The van der Waals surface area contributed by atoms with Crippen molar-refractivity contribution in [3.63, 3.8) is 0 Å². The van der Waals surface area contributed by atoms with Gasteiger partial charge in [-0.2, -0.15) is 16.8 Å². The van der Waals surface area contributed by atoms with E-state index in [1.165, 1.54) is 45.5 Å². The Hall–Kier alpha value is -6.20. The second-order valence-corrected chi connectivity index (χ2v) is 13.6. The zero-order chi connectivity index (χ0) is 36.6. The molecule has 5 aromatic carbocycles. The first kappa shape index (κ1) is 34.3. The molecule has 52 heavy (non-hydrogen) atoms. The van der Waals surface area contributed by atoms with Gasteiger partial charge in [-0.3, -0.25) is 27.8 Å². The van der Waals surface area contributed by atoms with Gasteiger partial charge in [-0.1, -0.05) is 72.8 Å². The molecule has 0 aliphatic heterocycles. The molecule has 2 heterocycles. The predicted molar refractivity (Wildman–Crippen MR) is 192 cm³/mol. The van der Waals surface area contributed by atoms with Crippen LogP contribution < -0.4 is 19.5 Å². The molecule has 14 nitrogen and oxygen atoms in total. The van der Waals surface area contributed by atoms with Crippen molar-refractivity contribution in [3.05, 3.63) is 153 Å². The van der Waals surface area contributed by atoms with Crippen LogP contribution in [0.3, 0.4) is 0 Å². The summed E-state index contributed by atoms with van der Waals surface area (Å²) in [5.41, 5.74) is 1.91. The minimum absolute atomic E-state index is 0.0334. The fraction of sp³-hybridized carbons (Fsp3) is 0.0556. The topological polar surface area (TPSA) is 197 Å². The summed E-state index contributed by atoms with van der Waals surface area (Å²) in [6, 6.07) is 32.2. The monoisotopic (exact) mass is 738 g/mol. The first-order chi connectivity index (χ1) is 24.8. The van der Waals surface area contributed by atoms with Gasteiger partial charge >= 0.3 is 20.8 Å². The van der Waals surface area contributed by atoms with Crippen LogP contribution in [0.4, 0.5) is 0 Å². The van der Waals surface area contributed by atoms with Gasteiger partial charge in [0.15, 0.2) is 0 Å². The van der Waals surface area contributed by atoms with Gasteiger partial charge in [0.25, 0.3) is 11.1 Å². The number of rotatable bonds is 10. The van der Waals surface area contributed by atoms with Crippen LogP contribution in [0.1, 0.15) is 11.1 Å². The van der Waals surface area contributed by atoms with Gasteiger partial charge in [0.1, 0.15) is 23.1 Å². The van der Waals surface area contributed by atoms with Crippen LogP contribution in [0.5, 0.6) is 11.5 Å². The number of para-hydroxylation sites is 2. The molecule has 0 radical (unpaired) electrons. The third-order valence-electron chi connectivity index (χ3n) is 8.09. The van der Waals surface area contributed by atoms with E-state index in [-0.39, 0.29) is 36.2 Å². The van der Waals surface area contributed by atoms with E-state index in [4.69, 9.17) is 9.97 Å². The third-order valence-corrected chi connectivity index (χ3v) is 8.89. The lowest BCUT2D eigenvalue weighted by molar-refractivity contribution is 0.384. The number of nitrogens with zero attached hydrogens (tertiary/aromatic N) is 4. The Morgan fingerprint density at radius 3 is 1.31 bits per heavy atom.